The molecule has 11 heavy (non-hydrogen) atoms. The number of aromatic nitrogens is 1. The highest BCUT2D eigenvalue weighted by molar-refractivity contribution is 14.1. The van der Waals surface area contributed by atoms with Crippen molar-refractivity contribution >= 4 is 28.3 Å². The molecule has 0 bridgehead atoms. The largest absolute Gasteiger partial charge is 0.300 e. The van der Waals surface area contributed by atoms with Gasteiger partial charge in [-0.05, 0) is 22.6 Å². The van der Waals surface area contributed by atoms with Gasteiger partial charge in [0.2, 0.25) is 5.95 Å². The van der Waals surface area contributed by atoms with E-state index in [0.717, 1.165) is 12.3 Å². The first kappa shape index (κ1) is 8.31. The number of halogens is 2. The Hall–Kier alpha value is -0.790. The summed E-state index contributed by atoms with van der Waals surface area (Å²) in [7, 11) is 0. The van der Waals surface area contributed by atoms with E-state index in [4.69, 9.17) is 0 Å². The minimum absolute atomic E-state index is 0.174. The molecule has 58 valence electrons. The van der Waals surface area contributed by atoms with E-state index in [1.165, 1.54) is 0 Å². The van der Waals surface area contributed by atoms with Crippen molar-refractivity contribution in [2.24, 2.45) is 0 Å². The standard InChI is InChI=1S/C5H2FIN2O2/c6-5-1-3(7)4(2-8-5)9(10)11/h1-2H. The fraction of sp³-hybridized carbons (Fsp3) is 0. The van der Waals surface area contributed by atoms with Crippen LogP contribution in [0.3, 0.4) is 0 Å². The van der Waals surface area contributed by atoms with E-state index in [0.29, 0.717) is 0 Å². The predicted molar refractivity (Wildman–Crippen MR) is 43.6 cm³/mol. The second-order valence-electron chi connectivity index (χ2n) is 1.72. The zero-order chi connectivity index (χ0) is 8.43. The Labute approximate surface area is 74.7 Å². The topological polar surface area (TPSA) is 56.0 Å². The number of nitrogens with zero attached hydrogens (tertiary/aromatic N) is 2. The maximum absolute atomic E-state index is 12.3. The average molecular weight is 268 g/mol. The normalized spacial score (nSPS) is 9.64. The molecule has 0 aromatic carbocycles. The number of rotatable bonds is 1. The lowest BCUT2D eigenvalue weighted by atomic mass is 10.4. The van der Waals surface area contributed by atoms with Gasteiger partial charge in [0, 0.05) is 6.07 Å². The minimum atomic E-state index is -0.708. The third-order valence-corrected chi connectivity index (χ3v) is 1.86. The number of hydrogen-bond acceptors (Lipinski definition) is 3. The minimum Gasteiger partial charge on any atom is -0.258 e. The van der Waals surface area contributed by atoms with Gasteiger partial charge in [-0.2, -0.15) is 4.39 Å². The molecule has 0 saturated carbocycles. The summed E-state index contributed by atoms with van der Waals surface area (Å²) in [6, 6.07) is 1.01. The van der Waals surface area contributed by atoms with Crippen LogP contribution in [-0.4, -0.2) is 9.91 Å². The molecule has 1 aromatic heterocycles. The van der Waals surface area contributed by atoms with Gasteiger partial charge in [-0.3, -0.25) is 10.1 Å². The zero-order valence-electron chi connectivity index (χ0n) is 5.12. The van der Waals surface area contributed by atoms with Gasteiger partial charge in [-0.1, -0.05) is 0 Å². The average Bonchev–Trinajstić information content (AvgIpc) is 1.85. The first-order chi connectivity index (χ1) is 5.11. The molecule has 0 unspecified atom stereocenters. The predicted octanol–water partition coefficient (Wildman–Crippen LogP) is 1.73. The Balaban J connectivity index is 3.20. The molecule has 0 saturated heterocycles. The van der Waals surface area contributed by atoms with Crippen molar-refractivity contribution in [3.05, 3.63) is 31.9 Å². The quantitative estimate of drug-likeness (QED) is 0.337. The van der Waals surface area contributed by atoms with Crippen LogP contribution in [0.5, 0.6) is 0 Å². The van der Waals surface area contributed by atoms with Gasteiger partial charge in [0.1, 0.15) is 6.20 Å². The van der Waals surface area contributed by atoms with Crippen molar-refractivity contribution in [3.8, 4) is 0 Å². The third-order valence-electron chi connectivity index (χ3n) is 0.997. The van der Waals surface area contributed by atoms with Gasteiger partial charge in [-0.15, -0.1) is 0 Å². The van der Waals surface area contributed by atoms with Crippen molar-refractivity contribution in [3.63, 3.8) is 0 Å². The summed E-state index contributed by atoms with van der Waals surface area (Å²) in [5.74, 6) is -0.708. The molecule has 0 aliphatic heterocycles. The number of nitro groups is 1. The molecule has 0 radical (unpaired) electrons. The summed E-state index contributed by atoms with van der Waals surface area (Å²) < 4.78 is 12.5. The fourth-order valence-electron chi connectivity index (χ4n) is 0.535. The third kappa shape index (κ3) is 1.82. The fourth-order valence-corrected chi connectivity index (χ4v) is 1.13. The van der Waals surface area contributed by atoms with Crippen LogP contribution in [0.4, 0.5) is 10.1 Å². The van der Waals surface area contributed by atoms with Crippen molar-refractivity contribution in [2.75, 3.05) is 0 Å². The van der Waals surface area contributed by atoms with Gasteiger partial charge in [0.05, 0.1) is 8.49 Å². The second kappa shape index (κ2) is 3.07. The summed E-state index contributed by atoms with van der Waals surface area (Å²) in [6.45, 7) is 0. The van der Waals surface area contributed by atoms with Crippen LogP contribution in [0.25, 0.3) is 0 Å². The molecular weight excluding hydrogens is 266 g/mol. The van der Waals surface area contributed by atoms with Crippen LogP contribution in [0, 0.1) is 19.6 Å². The maximum Gasteiger partial charge on any atom is 0.300 e. The van der Waals surface area contributed by atoms with Crippen LogP contribution >= 0.6 is 22.6 Å². The van der Waals surface area contributed by atoms with Crippen molar-refractivity contribution in [1.29, 1.82) is 0 Å². The van der Waals surface area contributed by atoms with Crippen molar-refractivity contribution in [2.45, 2.75) is 0 Å². The molecule has 0 aliphatic carbocycles. The summed E-state index contributed by atoms with van der Waals surface area (Å²) in [5.41, 5.74) is -0.174. The molecular formula is C5H2FIN2O2. The van der Waals surface area contributed by atoms with Crippen LogP contribution in [0.1, 0.15) is 0 Å². The van der Waals surface area contributed by atoms with E-state index in [2.05, 4.69) is 4.98 Å². The summed E-state index contributed by atoms with van der Waals surface area (Å²) >= 11 is 1.68. The van der Waals surface area contributed by atoms with Gasteiger partial charge >= 0.3 is 5.69 Å². The molecule has 0 N–H and O–H groups in total. The van der Waals surface area contributed by atoms with Gasteiger partial charge in [0.15, 0.2) is 0 Å². The molecule has 1 rings (SSSR count). The summed E-state index contributed by atoms with van der Waals surface area (Å²) in [6.07, 6.45) is 0.900. The van der Waals surface area contributed by atoms with Crippen LogP contribution in [-0.2, 0) is 0 Å². The molecule has 0 spiro atoms. The number of pyridine rings is 1. The Morgan fingerprint density at radius 2 is 2.36 bits per heavy atom. The highest BCUT2D eigenvalue weighted by atomic mass is 127. The Morgan fingerprint density at radius 1 is 1.73 bits per heavy atom. The van der Waals surface area contributed by atoms with E-state index in [1.54, 1.807) is 22.6 Å². The van der Waals surface area contributed by atoms with Crippen LogP contribution < -0.4 is 0 Å². The molecule has 1 heterocycles. The van der Waals surface area contributed by atoms with E-state index in [9.17, 15) is 14.5 Å². The molecule has 0 aliphatic rings. The SMILES string of the molecule is O=[N+]([O-])c1cnc(F)cc1I. The Bertz CT molecular complexity index is 305. The van der Waals surface area contributed by atoms with Crippen LogP contribution in [0.2, 0.25) is 0 Å². The molecule has 6 heteroatoms. The molecule has 0 fully saturated rings. The van der Waals surface area contributed by atoms with Crippen LogP contribution in [0.15, 0.2) is 12.3 Å². The molecule has 1 aromatic rings. The Morgan fingerprint density at radius 3 is 2.82 bits per heavy atom. The van der Waals surface area contributed by atoms with Gasteiger partial charge < -0.3 is 0 Å². The molecule has 0 amide bonds. The summed E-state index contributed by atoms with van der Waals surface area (Å²) in [4.78, 5) is 12.7. The van der Waals surface area contributed by atoms with E-state index >= 15 is 0 Å². The first-order valence-electron chi connectivity index (χ1n) is 2.56. The van der Waals surface area contributed by atoms with E-state index in [1.807, 2.05) is 0 Å². The highest BCUT2D eigenvalue weighted by Gasteiger charge is 2.11. The van der Waals surface area contributed by atoms with Gasteiger partial charge in [-0.25, -0.2) is 4.98 Å². The lowest BCUT2D eigenvalue weighted by Crippen LogP contribution is -1.93. The highest BCUT2D eigenvalue weighted by Crippen LogP contribution is 2.18. The van der Waals surface area contributed by atoms with E-state index < -0.39 is 10.9 Å². The monoisotopic (exact) mass is 268 g/mol. The smallest absolute Gasteiger partial charge is 0.258 e. The lowest BCUT2D eigenvalue weighted by Gasteiger charge is -1.92. The molecule has 4 nitrogen and oxygen atoms in total. The first-order valence-corrected chi connectivity index (χ1v) is 3.64. The van der Waals surface area contributed by atoms with E-state index in [-0.39, 0.29) is 9.26 Å². The summed E-state index contributed by atoms with van der Waals surface area (Å²) in [5, 5.41) is 10.2. The lowest BCUT2D eigenvalue weighted by molar-refractivity contribution is -0.386. The maximum atomic E-state index is 12.3. The zero-order valence-corrected chi connectivity index (χ0v) is 7.28. The molecule has 0 atom stereocenters. The van der Waals surface area contributed by atoms with Gasteiger partial charge in [0.25, 0.3) is 0 Å². The number of hydrogen-bond donors (Lipinski definition) is 0. The van der Waals surface area contributed by atoms with Crippen molar-refractivity contribution < 1.29 is 9.31 Å². The van der Waals surface area contributed by atoms with Crippen molar-refractivity contribution in [1.82, 2.24) is 4.98 Å². The Kier molecular flexibility index (Phi) is 2.32. The second-order valence-corrected chi connectivity index (χ2v) is 2.88.